The van der Waals surface area contributed by atoms with Gasteiger partial charge in [0.25, 0.3) is 5.69 Å². The SMILES string of the molecule is COc1ccc2c3c1O[C@H]1C(=O)CC[C@H]4[C@@H](C2)N(C)CC[C@]314.COc1ccc2c3c1O[C@H]1C(OC(=O)Oc4ccc([N+](=O)[O-])cc4)=CC[C@H]4[C@@H](C2)N(C)CC[C@]314.Cl. The van der Waals surface area contributed by atoms with E-state index in [1.54, 1.807) is 14.2 Å². The first-order chi connectivity index (χ1) is 27.1. The lowest BCUT2D eigenvalue weighted by molar-refractivity contribution is -0.384. The Labute approximate surface area is 336 Å². The van der Waals surface area contributed by atoms with Gasteiger partial charge in [0, 0.05) is 52.6 Å². The number of ether oxygens (including phenoxy) is 6. The molecule has 8 atom stereocenters. The van der Waals surface area contributed by atoms with Gasteiger partial charge in [-0.25, -0.2) is 4.79 Å². The fraction of sp³-hybridized carbons (Fsp3) is 0.488. The summed E-state index contributed by atoms with van der Waals surface area (Å²) in [7, 11) is 7.72. The van der Waals surface area contributed by atoms with Crippen molar-refractivity contribution in [1.29, 1.82) is 0 Å². The summed E-state index contributed by atoms with van der Waals surface area (Å²) in [4.78, 5) is 40.5. The van der Waals surface area contributed by atoms with Crippen LogP contribution in [0, 0.1) is 22.0 Å². The minimum Gasteiger partial charge on any atom is -0.493 e. The number of hydrogen-bond acceptors (Lipinski definition) is 12. The number of hydrogen-bond donors (Lipinski definition) is 0. The van der Waals surface area contributed by atoms with E-state index in [2.05, 4.69) is 36.0 Å². The van der Waals surface area contributed by atoms with E-state index in [0.717, 1.165) is 68.9 Å². The predicted molar refractivity (Wildman–Crippen MR) is 209 cm³/mol. The molecule has 300 valence electrons. The summed E-state index contributed by atoms with van der Waals surface area (Å²) in [5.74, 6) is 4.84. The number of halogens is 1. The number of piperidine rings is 2. The maximum Gasteiger partial charge on any atom is 0.519 e. The van der Waals surface area contributed by atoms with Crippen LogP contribution in [0.4, 0.5) is 10.5 Å². The molecule has 0 aromatic heterocycles. The molecule has 57 heavy (non-hydrogen) atoms. The Hall–Kier alpha value is -4.85. The Morgan fingerprint density at radius 3 is 1.95 bits per heavy atom. The van der Waals surface area contributed by atoms with Crippen molar-refractivity contribution in [3.63, 3.8) is 0 Å². The van der Waals surface area contributed by atoms with Gasteiger partial charge in [-0.15, -0.1) is 12.4 Å². The second kappa shape index (κ2) is 13.6. The molecule has 2 saturated heterocycles. The zero-order chi connectivity index (χ0) is 38.7. The normalized spacial score (nSPS) is 31.7. The zero-order valence-corrected chi connectivity index (χ0v) is 33.2. The molecule has 3 aromatic carbocycles. The lowest BCUT2D eigenvalue weighted by Crippen LogP contribution is -2.65. The fourth-order valence-electron chi connectivity index (χ4n) is 12.1. The summed E-state index contributed by atoms with van der Waals surface area (Å²) in [6.45, 7) is 1.97. The average Bonchev–Trinajstić information content (AvgIpc) is 3.74. The molecule has 4 bridgehead atoms. The van der Waals surface area contributed by atoms with Crippen molar-refractivity contribution in [2.75, 3.05) is 41.4 Å². The Bertz CT molecular complexity index is 2210. The number of nitro benzene ring substituents is 1. The first-order valence-corrected chi connectivity index (χ1v) is 19.6. The number of ketones is 1. The van der Waals surface area contributed by atoms with Crippen molar-refractivity contribution in [3.8, 4) is 28.7 Å². The number of likely N-dealkylation sites (N-methyl/N-ethyl adjacent to an activating group) is 2. The molecule has 3 fully saturated rings. The van der Waals surface area contributed by atoms with Crippen LogP contribution in [0.3, 0.4) is 0 Å². The van der Waals surface area contributed by atoms with Gasteiger partial charge in [0.2, 0.25) is 0 Å². The van der Waals surface area contributed by atoms with Gasteiger partial charge in [-0.2, -0.15) is 0 Å². The number of Topliss-reactive ketones (excluding diaryl/α,β-unsaturated/α-hetero) is 1. The first kappa shape index (κ1) is 37.7. The highest BCUT2D eigenvalue weighted by molar-refractivity contribution is 5.89. The van der Waals surface area contributed by atoms with Crippen LogP contribution in [-0.2, 0) is 33.2 Å². The number of likely N-dealkylation sites (tertiary alicyclic amines) is 2. The van der Waals surface area contributed by atoms with Crippen molar-refractivity contribution in [3.05, 3.63) is 92.7 Å². The predicted octanol–water partition coefficient (Wildman–Crippen LogP) is 6.34. The topological polar surface area (TPSA) is 139 Å². The van der Waals surface area contributed by atoms with Crippen LogP contribution >= 0.6 is 12.4 Å². The molecule has 4 aliphatic carbocycles. The highest BCUT2D eigenvalue weighted by atomic mass is 35.5. The van der Waals surface area contributed by atoms with Gasteiger partial charge < -0.3 is 38.2 Å². The van der Waals surface area contributed by atoms with Gasteiger partial charge in [0.1, 0.15) is 11.5 Å². The molecule has 13 nitrogen and oxygen atoms in total. The van der Waals surface area contributed by atoms with Crippen LogP contribution in [0.2, 0.25) is 0 Å². The van der Waals surface area contributed by atoms with Crippen LogP contribution in [0.15, 0.2) is 60.4 Å². The Balaban J connectivity index is 0.000000159. The number of carbonyl (C=O) groups is 2. The van der Waals surface area contributed by atoms with Gasteiger partial charge in [0.05, 0.1) is 19.1 Å². The van der Waals surface area contributed by atoms with Gasteiger partial charge >= 0.3 is 6.16 Å². The minimum atomic E-state index is -0.901. The molecule has 11 rings (SSSR count). The lowest BCUT2D eigenvalue weighted by Gasteiger charge is -2.57. The number of carbonyl (C=O) groups excluding carboxylic acids is 2. The van der Waals surface area contributed by atoms with Gasteiger partial charge in [0.15, 0.2) is 41.0 Å². The molecule has 0 radical (unpaired) electrons. The fourth-order valence-corrected chi connectivity index (χ4v) is 12.1. The van der Waals surface area contributed by atoms with E-state index in [9.17, 15) is 19.7 Å². The maximum atomic E-state index is 12.7. The first-order valence-electron chi connectivity index (χ1n) is 19.6. The van der Waals surface area contributed by atoms with Gasteiger partial charge in [-0.1, -0.05) is 12.1 Å². The van der Waals surface area contributed by atoms with E-state index >= 15 is 0 Å². The molecule has 0 N–H and O–H groups in total. The number of nitro groups is 1. The number of non-ortho nitro benzene ring substituents is 1. The molecule has 4 aliphatic heterocycles. The lowest BCUT2D eigenvalue weighted by atomic mass is 9.52. The molecule has 14 heteroatoms. The van der Waals surface area contributed by atoms with E-state index in [1.165, 1.54) is 46.5 Å². The minimum absolute atomic E-state index is 0. The van der Waals surface area contributed by atoms with E-state index in [4.69, 9.17) is 28.4 Å². The smallest absolute Gasteiger partial charge is 0.493 e. The molecule has 8 aliphatic rings. The Morgan fingerprint density at radius 1 is 0.807 bits per heavy atom. The molecule has 0 unspecified atom stereocenters. The van der Waals surface area contributed by atoms with Crippen molar-refractivity contribution in [2.24, 2.45) is 11.8 Å². The van der Waals surface area contributed by atoms with Crippen molar-refractivity contribution >= 4 is 30.0 Å². The van der Waals surface area contributed by atoms with Gasteiger partial charge in [-0.05, 0) is 119 Å². The summed E-state index contributed by atoms with van der Waals surface area (Å²) in [6.07, 6.45) is 6.68. The summed E-state index contributed by atoms with van der Waals surface area (Å²) in [5, 5.41) is 10.8. The summed E-state index contributed by atoms with van der Waals surface area (Å²) >= 11 is 0. The monoisotopic (exact) mass is 799 g/mol. The number of allylic oxidation sites excluding steroid dienone is 1. The summed E-state index contributed by atoms with van der Waals surface area (Å²) in [5.41, 5.74) is 4.66. The third-order valence-electron chi connectivity index (χ3n) is 14.5. The van der Waals surface area contributed by atoms with Crippen LogP contribution in [-0.4, -0.2) is 92.4 Å². The second-order valence-corrected chi connectivity index (χ2v) is 16.6. The Morgan fingerprint density at radius 2 is 1.37 bits per heavy atom. The standard InChI is InChI=1S/C25H24N2O7.C18H21NO3.ClH/c1-26-12-11-25-17-8-10-20(33-24(28)32-16-6-4-15(5-7-16)27(29)30)23(25)34-22-19(31-2)9-3-14(21(22)25)13-18(17)26;1-19-8-7-18-11-4-5-13(20)17(18)22-16-14(21-2)6-3-10(15(16)18)9-12(11)19;/h3-7,9-10,17-18,23H,8,11-13H2,1-2H3;3,6,11-12,17H,4-5,7-9H2,1-2H3;1H/t17-,18+,23-,25-;11-,12+,17-,18-;/m00./s1. The quantitative estimate of drug-likeness (QED) is 0.123. The third kappa shape index (κ3) is 5.27. The molecular formula is C43H46ClN3O10. The zero-order valence-electron chi connectivity index (χ0n) is 32.4. The molecule has 3 aromatic rings. The van der Waals surface area contributed by atoms with Crippen LogP contribution < -0.4 is 23.7 Å². The number of nitrogens with zero attached hydrogens (tertiary/aromatic N) is 3. The van der Waals surface area contributed by atoms with E-state index in [1.807, 2.05) is 18.2 Å². The van der Waals surface area contributed by atoms with Crippen LogP contribution in [0.5, 0.6) is 28.7 Å². The Kier molecular flexibility index (Phi) is 9.02. The number of benzene rings is 3. The number of methoxy groups -OCH3 is 2. The van der Waals surface area contributed by atoms with Crippen molar-refractivity contribution in [2.45, 2.75) is 80.1 Å². The highest BCUT2D eigenvalue weighted by Gasteiger charge is 2.66. The molecule has 0 amide bonds. The largest absolute Gasteiger partial charge is 0.519 e. The van der Waals surface area contributed by atoms with E-state index in [-0.39, 0.29) is 46.6 Å². The van der Waals surface area contributed by atoms with Gasteiger partial charge in [-0.3, -0.25) is 14.9 Å². The molecule has 1 saturated carbocycles. The maximum absolute atomic E-state index is 12.7. The summed E-state index contributed by atoms with van der Waals surface area (Å²) < 4.78 is 34.9. The second-order valence-electron chi connectivity index (χ2n) is 16.6. The van der Waals surface area contributed by atoms with Crippen LogP contribution in [0.1, 0.15) is 54.4 Å². The van der Waals surface area contributed by atoms with E-state index < -0.39 is 17.2 Å². The summed E-state index contributed by atoms with van der Waals surface area (Å²) in [6, 6.07) is 14.5. The molecule has 4 heterocycles. The highest BCUT2D eigenvalue weighted by Crippen LogP contribution is 2.65. The third-order valence-corrected chi connectivity index (χ3v) is 14.5. The molecular weight excluding hydrogens is 754 g/mol. The van der Waals surface area contributed by atoms with E-state index in [0.29, 0.717) is 41.8 Å². The average molecular weight is 800 g/mol. The molecule has 2 spiro atoms. The number of rotatable bonds is 5. The van der Waals surface area contributed by atoms with Crippen LogP contribution in [0.25, 0.3) is 0 Å². The van der Waals surface area contributed by atoms with Crippen molar-refractivity contribution in [1.82, 2.24) is 9.80 Å². The van der Waals surface area contributed by atoms with Crippen molar-refractivity contribution < 1.29 is 42.9 Å².